The minimum atomic E-state index is -1.19. The van der Waals surface area contributed by atoms with E-state index in [-0.39, 0.29) is 17.3 Å². The van der Waals surface area contributed by atoms with Crippen molar-refractivity contribution >= 4 is 17.3 Å². The summed E-state index contributed by atoms with van der Waals surface area (Å²) in [5, 5.41) is 22.9. The van der Waals surface area contributed by atoms with Gasteiger partial charge in [-0.2, -0.15) is 0 Å². The van der Waals surface area contributed by atoms with E-state index in [0.717, 1.165) is 18.9 Å². The molecular formula is C13H18N2O5. The molecule has 0 radical (unpaired) electrons. The van der Waals surface area contributed by atoms with Gasteiger partial charge in [0.05, 0.1) is 17.1 Å². The summed E-state index contributed by atoms with van der Waals surface area (Å²) < 4.78 is 5.06. The fraction of sp³-hybridized carbons (Fsp3) is 0.462. The summed E-state index contributed by atoms with van der Waals surface area (Å²) in [5.41, 5.74) is -0.0568. The SMILES string of the molecule is CCCC(COC)Nc1ccc(C(=O)O)cc1[N+](=O)[O-]. The number of nitrogens with one attached hydrogen (secondary N) is 1. The third-order valence-electron chi connectivity index (χ3n) is 2.81. The second-order valence-corrected chi connectivity index (χ2v) is 4.38. The van der Waals surface area contributed by atoms with Crippen molar-refractivity contribution in [1.29, 1.82) is 0 Å². The van der Waals surface area contributed by atoms with Gasteiger partial charge in [-0.1, -0.05) is 13.3 Å². The summed E-state index contributed by atoms with van der Waals surface area (Å²) in [6, 6.07) is 3.76. The fourth-order valence-corrected chi connectivity index (χ4v) is 1.90. The van der Waals surface area contributed by atoms with Crippen molar-refractivity contribution in [2.45, 2.75) is 25.8 Å². The zero-order chi connectivity index (χ0) is 15.1. The van der Waals surface area contributed by atoms with Crippen molar-refractivity contribution in [1.82, 2.24) is 0 Å². The highest BCUT2D eigenvalue weighted by molar-refractivity contribution is 5.89. The monoisotopic (exact) mass is 282 g/mol. The lowest BCUT2D eigenvalue weighted by atomic mass is 10.1. The maximum absolute atomic E-state index is 11.0. The number of ether oxygens (including phenoxy) is 1. The number of anilines is 1. The van der Waals surface area contributed by atoms with Gasteiger partial charge in [-0.3, -0.25) is 10.1 Å². The number of carboxylic acids is 1. The highest BCUT2D eigenvalue weighted by atomic mass is 16.6. The first-order chi connectivity index (χ1) is 9.49. The molecular weight excluding hydrogens is 264 g/mol. The zero-order valence-electron chi connectivity index (χ0n) is 11.5. The summed E-state index contributed by atoms with van der Waals surface area (Å²) in [6.07, 6.45) is 1.70. The van der Waals surface area contributed by atoms with Crippen LogP contribution in [0.2, 0.25) is 0 Å². The molecule has 0 saturated heterocycles. The first kappa shape index (κ1) is 15.9. The van der Waals surface area contributed by atoms with E-state index in [2.05, 4.69) is 5.32 Å². The zero-order valence-corrected chi connectivity index (χ0v) is 11.5. The number of hydrogen-bond donors (Lipinski definition) is 2. The Morgan fingerprint density at radius 3 is 2.75 bits per heavy atom. The van der Waals surface area contributed by atoms with Crippen LogP contribution in [0, 0.1) is 10.1 Å². The predicted octanol–water partition coefficient (Wildman–Crippen LogP) is 2.52. The number of carboxylic acid groups (broad SMARTS) is 1. The normalized spacial score (nSPS) is 11.9. The van der Waals surface area contributed by atoms with E-state index in [4.69, 9.17) is 9.84 Å². The average molecular weight is 282 g/mol. The van der Waals surface area contributed by atoms with E-state index in [1.54, 1.807) is 7.11 Å². The Hall–Kier alpha value is -2.15. The van der Waals surface area contributed by atoms with Crippen molar-refractivity contribution in [3.05, 3.63) is 33.9 Å². The van der Waals surface area contributed by atoms with E-state index in [1.807, 2.05) is 6.92 Å². The quantitative estimate of drug-likeness (QED) is 0.561. The van der Waals surface area contributed by atoms with Crippen LogP contribution in [-0.2, 0) is 4.74 Å². The molecule has 0 aromatic heterocycles. The molecule has 1 aromatic rings. The maximum Gasteiger partial charge on any atom is 0.335 e. The van der Waals surface area contributed by atoms with Gasteiger partial charge in [0.1, 0.15) is 5.69 Å². The van der Waals surface area contributed by atoms with Crippen LogP contribution in [0.25, 0.3) is 0 Å². The number of aromatic carboxylic acids is 1. The van der Waals surface area contributed by atoms with Crippen LogP contribution in [-0.4, -0.2) is 35.8 Å². The van der Waals surface area contributed by atoms with E-state index in [9.17, 15) is 14.9 Å². The molecule has 0 fully saturated rings. The van der Waals surface area contributed by atoms with E-state index < -0.39 is 10.9 Å². The van der Waals surface area contributed by atoms with Crippen molar-refractivity contribution in [2.24, 2.45) is 0 Å². The Morgan fingerprint density at radius 2 is 2.25 bits per heavy atom. The molecule has 0 saturated carbocycles. The molecule has 0 aliphatic rings. The van der Waals surface area contributed by atoms with Gasteiger partial charge in [-0.05, 0) is 18.6 Å². The predicted molar refractivity (Wildman–Crippen MR) is 74.3 cm³/mol. The molecule has 0 bridgehead atoms. The minimum absolute atomic E-state index is 0.0561. The van der Waals surface area contributed by atoms with E-state index in [1.165, 1.54) is 12.1 Å². The third kappa shape index (κ3) is 4.20. The third-order valence-corrected chi connectivity index (χ3v) is 2.81. The molecule has 0 heterocycles. The van der Waals surface area contributed by atoms with Crippen LogP contribution in [0.1, 0.15) is 30.1 Å². The number of nitro benzene ring substituents is 1. The largest absolute Gasteiger partial charge is 0.478 e. The highest BCUT2D eigenvalue weighted by Gasteiger charge is 2.19. The summed E-state index contributed by atoms with van der Waals surface area (Å²) in [5.74, 6) is -1.19. The summed E-state index contributed by atoms with van der Waals surface area (Å²) in [6.45, 7) is 2.43. The molecule has 7 nitrogen and oxygen atoms in total. The molecule has 20 heavy (non-hydrogen) atoms. The number of rotatable bonds is 8. The molecule has 110 valence electrons. The average Bonchev–Trinajstić information content (AvgIpc) is 2.39. The van der Waals surface area contributed by atoms with Crippen molar-refractivity contribution in [2.75, 3.05) is 19.0 Å². The van der Waals surface area contributed by atoms with Crippen LogP contribution in [0.3, 0.4) is 0 Å². The molecule has 1 rings (SSSR count). The number of nitro groups is 1. The van der Waals surface area contributed by atoms with Crippen molar-refractivity contribution in [3.63, 3.8) is 0 Å². The standard InChI is InChI=1S/C13H18N2O5/c1-3-4-10(8-20-2)14-11-6-5-9(13(16)17)7-12(11)15(18)19/h5-7,10,14H,3-4,8H2,1-2H3,(H,16,17). The summed E-state index contributed by atoms with van der Waals surface area (Å²) in [4.78, 5) is 21.3. The molecule has 7 heteroatoms. The van der Waals surface area contributed by atoms with Crippen LogP contribution in [0.15, 0.2) is 18.2 Å². The van der Waals surface area contributed by atoms with E-state index in [0.29, 0.717) is 12.3 Å². The first-order valence-corrected chi connectivity index (χ1v) is 6.26. The Kier molecular flexibility index (Phi) is 5.92. The van der Waals surface area contributed by atoms with Gasteiger partial charge in [-0.25, -0.2) is 4.79 Å². The molecule has 0 aliphatic heterocycles. The Labute approximate surface area is 116 Å². The Bertz CT molecular complexity index is 484. The van der Waals surface area contributed by atoms with Gasteiger partial charge in [-0.15, -0.1) is 0 Å². The van der Waals surface area contributed by atoms with Crippen LogP contribution >= 0.6 is 0 Å². The van der Waals surface area contributed by atoms with Gasteiger partial charge < -0.3 is 15.2 Å². The topological polar surface area (TPSA) is 102 Å². The second kappa shape index (κ2) is 7.44. The fourth-order valence-electron chi connectivity index (χ4n) is 1.90. The van der Waals surface area contributed by atoms with Crippen LogP contribution < -0.4 is 5.32 Å². The van der Waals surface area contributed by atoms with Gasteiger partial charge in [0.15, 0.2) is 0 Å². The molecule has 2 N–H and O–H groups in total. The summed E-state index contributed by atoms with van der Waals surface area (Å²) >= 11 is 0. The molecule has 1 atom stereocenters. The molecule has 0 amide bonds. The first-order valence-electron chi connectivity index (χ1n) is 6.26. The van der Waals surface area contributed by atoms with E-state index >= 15 is 0 Å². The molecule has 1 aromatic carbocycles. The number of methoxy groups -OCH3 is 1. The lowest BCUT2D eigenvalue weighted by Gasteiger charge is -2.18. The number of nitrogens with zero attached hydrogens (tertiary/aromatic N) is 1. The summed E-state index contributed by atoms with van der Waals surface area (Å²) in [7, 11) is 1.56. The van der Waals surface area contributed by atoms with Crippen LogP contribution in [0.4, 0.5) is 11.4 Å². The molecule has 0 spiro atoms. The van der Waals surface area contributed by atoms with Gasteiger partial charge in [0, 0.05) is 19.2 Å². The van der Waals surface area contributed by atoms with Gasteiger partial charge in [0.2, 0.25) is 0 Å². The highest BCUT2D eigenvalue weighted by Crippen LogP contribution is 2.26. The Morgan fingerprint density at radius 1 is 1.55 bits per heavy atom. The van der Waals surface area contributed by atoms with Crippen LogP contribution in [0.5, 0.6) is 0 Å². The molecule has 1 unspecified atom stereocenters. The number of hydrogen-bond acceptors (Lipinski definition) is 5. The lowest BCUT2D eigenvalue weighted by molar-refractivity contribution is -0.384. The Balaban J connectivity index is 3.03. The molecule has 0 aliphatic carbocycles. The maximum atomic E-state index is 11.0. The minimum Gasteiger partial charge on any atom is -0.478 e. The smallest absolute Gasteiger partial charge is 0.335 e. The number of benzene rings is 1. The second-order valence-electron chi connectivity index (χ2n) is 4.38. The lowest BCUT2D eigenvalue weighted by Crippen LogP contribution is -2.25. The van der Waals surface area contributed by atoms with Crippen molar-refractivity contribution in [3.8, 4) is 0 Å². The van der Waals surface area contributed by atoms with Gasteiger partial charge in [0.25, 0.3) is 5.69 Å². The van der Waals surface area contributed by atoms with Gasteiger partial charge >= 0.3 is 5.97 Å². The van der Waals surface area contributed by atoms with Crippen molar-refractivity contribution < 1.29 is 19.6 Å². The number of carbonyl (C=O) groups is 1.